The van der Waals surface area contributed by atoms with Crippen molar-refractivity contribution in [2.24, 2.45) is 27.6 Å². The molecule has 5 aliphatic rings. The third kappa shape index (κ3) is 1.75. The molecule has 4 aliphatic carbocycles. The van der Waals surface area contributed by atoms with Crippen LogP contribution >= 0.6 is 0 Å². The summed E-state index contributed by atoms with van der Waals surface area (Å²) in [6.07, 6.45) is 7.02. The summed E-state index contributed by atoms with van der Waals surface area (Å²) in [6, 6.07) is 11.5. The molecule has 1 amide bonds. The van der Waals surface area contributed by atoms with E-state index in [0.717, 1.165) is 44.7 Å². The van der Waals surface area contributed by atoms with E-state index in [0.29, 0.717) is 22.8 Å². The highest BCUT2D eigenvalue weighted by Gasteiger charge is 2.89. The van der Waals surface area contributed by atoms with E-state index in [4.69, 9.17) is 0 Å². The molecule has 1 spiro atoms. The SMILES string of the molecule is CC1(C)CNCCC1NC(=O)C12CC3CC4(C)CC(c5ccccc5)(C1)C34C2. The van der Waals surface area contributed by atoms with Gasteiger partial charge >= 0.3 is 0 Å². The topological polar surface area (TPSA) is 41.1 Å². The van der Waals surface area contributed by atoms with Crippen molar-refractivity contribution in [2.75, 3.05) is 13.1 Å². The van der Waals surface area contributed by atoms with Crippen molar-refractivity contribution in [3.63, 3.8) is 0 Å². The molecular formula is C25H34N2O. The predicted octanol–water partition coefficient (Wildman–Crippen LogP) is 4.03. The van der Waals surface area contributed by atoms with Crippen molar-refractivity contribution in [2.45, 2.75) is 70.8 Å². The van der Waals surface area contributed by atoms with Gasteiger partial charge in [-0.2, -0.15) is 0 Å². The maximum atomic E-state index is 13.8. The molecule has 3 nitrogen and oxygen atoms in total. The van der Waals surface area contributed by atoms with Crippen molar-refractivity contribution in [1.29, 1.82) is 0 Å². The summed E-state index contributed by atoms with van der Waals surface area (Å²) < 4.78 is 0. The highest BCUT2D eigenvalue weighted by atomic mass is 16.2. The van der Waals surface area contributed by atoms with E-state index in [1.807, 2.05) is 0 Å². The second-order valence-corrected chi connectivity index (χ2v) is 11.9. The zero-order valence-electron chi connectivity index (χ0n) is 17.6. The molecule has 1 aliphatic heterocycles. The van der Waals surface area contributed by atoms with Crippen LogP contribution in [0.25, 0.3) is 0 Å². The molecule has 6 rings (SSSR count). The number of carbonyl (C=O) groups is 1. The Morgan fingerprint density at radius 1 is 1.07 bits per heavy atom. The van der Waals surface area contributed by atoms with Gasteiger partial charge in [0.25, 0.3) is 0 Å². The largest absolute Gasteiger partial charge is 0.352 e. The third-order valence-electron chi connectivity index (χ3n) is 10.2. The minimum atomic E-state index is -0.129. The summed E-state index contributed by atoms with van der Waals surface area (Å²) in [6.45, 7) is 9.10. The average molecular weight is 379 g/mol. The lowest BCUT2D eigenvalue weighted by Crippen LogP contribution is -2.75. The molecule has 2 N–H and O–H groups in total. The van der Waals surface area contributed by atoms with E-state index in [-0.39, 0.29) is 16.2 Å². The lowest BCUT2D eigenvalue weighted by molar-refractivity contribution is -0.270. The fraction of sp³-hybridized carbons (Fsp3) is 0.720. The smallest absolute Gasteiger partial charge is 0.226 e. The molecule has 1 aromatic rings. The van der Waals surface area contributed by atoms with Gasteiger partial charge in [0, 0.05) is 18.0 Å². The van der Waals surface area contributed by atoms with Gasteiger partial charge in [0.05, 0.1) is 5.41 Å². The van der Waals surface area contributed by atoms with Crippen LogP contribution in [-0.4, -0.2) is 25.0 Å². The number of hydrogen-bond acceptors (Lipinski definition) is 2. The first-order valence-electron chi connectivity index (χ1n) is 11.3. The Labute approximate surface area is 169 Å². The molecule has 6 unspecified atom stereocenters. The van der Waals surface area contributed by atoms with Gasteiger partial charge in [-0.15, -0.1) is 0 Å². The minimum absolute atomic E-state index is 0.129. The monoisotopic (exact) mass is 378 g/mol. The van der Waals surface area contributed by atoms with Gasteiger partial charge in [0.1, 0.15) is 0 Å². The number of amides is 1. The van der Waals surface area contributed by atoms with Gasteiger partial charge in [-0.25, -0.2) is 0 Å². The highest BCUT2D eigenvalue weighted by molar-refractivity contribution is 5.85. The Kier molecular flexibility index (Phi) is 3.15. The Hall–Kier alpha value is -1.35. The van der Waals surface area contributed by atoms with Crippen LogP contribution in [0.5, 0.6) is 0 Å². The maximum Gasteiger partial charge on any atom is 0.226 e. The van der Waals surface area contributed by atoms with Crippen LogP contribution in [0.2, 0.25) is 0 Å². The Morgan fingerprint density at radius 3 is 2.57 bits per heavy atom. The van der Waals surface area contributed by atoms with E-state index in [9.17, 15) is 4.79 Å². The Bertz CT molecular complexity index is 849. The summed E-state index contributed by atoms with van der Waals surface area (Å²) in [5, 5.41) is 7.07. The van der Waals surface area contributed by atoms with Crippen LogP contribution in [0.3, 0.4) is 0 Å². The molecule has 28 heavy (non-hydrogen) atoms. The standard InChI is InChI=1S/C25H34N2O/c1-21(2)16-26-10-9-19(21)27-20(28)23-12-18-11-22(3)13-24(14-23,25(18,22)15-23)17-7-5-4-6-8-17/h4-8,18-19,26H,9-16H2,1-3H3,(H,27,28). The number of rotatable bonds is 3. The van der Waals surface area contributed by atoms with Crippen molar-refractivity contribution >= 4 is 5.91 Å². The normalized spacial score (nSPS) is 49.7. The molecule has 4 saturated carbocycles. The van der Waals surface area contributed by atoms with E-state index in [2.05, 4.69) is 61.7 Å². The van der Waals surface area contributed by atoms with Crippen molar-refractivity contribution in [1.82, 2.24) is 10.6 Å². The zero-order chi connectivity index (χ0) is 19.4. The van der Waals surface area contributed by atoms with Gasteiger partial charge in [-0.3, -0.25) is 4.79 Å². The first-order chi connectivity index (χ1) is 13.3. The number of nitrogens with one attached hydrogen (secondary N) is 2. The van der Waals surface area contributed by atoms with E-state index < -0.39 is 0 Å². The van der Waals surface area contributed by atoms with Gasteiger partial charge in [0.2, 0.25) is 5.91 Å². The maximum absolute atomic E-state index is 13.8. The summed E-state index contributed by atoms with van der Waals surface area (Å²) in [5.74, 6) is 1.13. The fourth-order valence-corrected chi connectivity index (χ4v) is 9.18. The van der Waals surface area contributed by atoms with Crippen LogP contribution in [0.1, 0.15) is 64.9 Å². The number of hydrogen-bond donors (Lipinski definition) is 2. The molecule has 1 aromatic carbocycles. The van der Waals surface area contributed by atoms with Gasteiger partial charge < -0.3 is 10.6 Å². The van der Waals surface area contributed by atoms with Crippen molar-refractivity contribution < 1.29 is 4.79 Å². The first-order valence-corrected chi connectivity index (χ1v) is 11.3. The Balaban J connectivity index is 1.34. The lowest BCUT2D eigenvalue weighted by atomic mass is 9.24. The number of fused-ring (bicyclic) bond motifs is 1. The van der Waals surface area contributed by atoms with Gasteiger partial charge in [-0.05, 0) is 72.8 Å². The molecule has 1 heterocycles. The van der Waals surface area contributed by atoms with Crippen LogP contribution in [-0.2, 0) is 10.2 Å². The van der Waals surface area contributed by atoms with E-state index in [1.165, 1.54) is 18.4 Å². The number of carbonyl (C=O) groups excluding carboxylic acids is 1. The van der Waals surface area contributed by atoms with Crippen LogP contribution in [0, 0.1) is 27.6 Å². The fourth-order valence-electron chi connectivity index (χ4n) is 9.18. The summed E-state index contributed by atoms with van der Waals surface area (Å²) in [5.41, 5.74) is 2.63. The van der Waals surface area contributed by atoms with Crippen LogP contribution < -0.4 is 10.6 Å². The first kappa shape index (κ1) is 17.5. The number of benzene rings is 1. The molecule has 2 bridgehead atoms. The van der Waals surface area contributed by atoms with Crippen molar-refractivity contribution in [3.05, 3.63) is 35.9 Å². The van der Waals surface area contributed by atoms with E-state index in [1.54, 1.807) is 0 Å². The zero-order valence-corrected chi connectivity index (χ0v) is 17.6. The summed E-state index contributed by atoms with van der Waals surface area (Å²) in [4.78, 5) is 13.8. The summed E-state index contributed by atoms with van der Waals surface area (Å²) >= 11 is 0. The van der Waals surface area contributed by atoms with Crippen LogP contribution in [0.15, 0.2) is 30.3 Å². The van der Waals surface area contributed by atoms with E-state index >= 15 is 0 Å². The second-order valence-electron chi connectivity index (χ2n) is 11.9. The molecule has 0 radical (unpaired) electrons. The highest BCUT2D eigenvalue weighted by Crippen LogP contribution is 2.93. The molecular weight excluding hydrogens is 344 g/mol. The molecule has 3 heteroatoms. The molecule has 6 atom stereocenters. The molecule has 5 fully saturated rings. The van der Waals surface area contributed by atoms with Crippen molar-refractivity contribution in [3.8, 4) is 0 Å². The minimum Gasteiger partial charge on any atom is -0.352 e. The Morgan fingerprint density at radius 2 is 1.86 bits per heavy atom. The lowest BCUT2D eigenvalue weighted by Gasteiger charge is -2.79. The average Bonchev–Trinajstić information content (AvgIpc) is 3.13. The third-order valence-corrected chi connectivity index (χ3v) is 10.2. The predicted molar refractivity (Wildman–Crippen MR) is 111 cm³/mol. The quantitative estimate of drug-likeness (QED) is 0.834. The second kappa shape index (κ2) is 5.03. The van der Waals surface area contributed by atoms with Crippen LogP contribution in [0.4, 0.5) is 0 Å². The molecule has 150 valence electrons. The molecule has 0 aromatic heterocycles. The van der Waals surface area contributed by atoms with Gasteiger partial charge in [-0.1, -0.05) is 51.1 Å². The molecule has 1 saturated heterocycles. The van der Waals surface area contributed by atoms with Gasteiger partial charge in [0.15, 0.2) is 0 Å². The summed E-state index contributed by atoms with van der Waals surface area (Å²) in [7, 11) is 0. The number of piperidine rings is 1.